The number of nitrogens with zero attached hydrogens (tertiary/aromatic N) is 3. The van der Waals surface area contributed by atoms with E-state index in [1.165, 1.54) is 36.5 Å². The summed E-state index contributed by atoms with van der Waals surface area (Å²) in [5.74, 6) is 1.05. The van der Waals surface area contributed by atoms with Crippen molar-refractivity contribution in [3.8, 4) is 11.5 Å². The normalized spacial score (nSPS) is 10.4. The van der Waals surface area contributed by atoms with Gasteiger partial charge in [-0.3, -0.25) is 9.59 Å². The highest BCUT2D eigenvalue weighted by Crippen LogP contribution is 2.36. The van der Waals surface area contributed by atoms with Gasteiger partial charge in [-0.1, -0.05) is 22.7 Å². The fourth-order valence-electron chi connectivity index (χ4n) is 2.98. The van der Waals surface area contributed by atoms with Gasteiger partial charge in [0.05, 0.1) is 23.6 Å². The smallest absolute Gasteiger partial charge is 0.223 e. The molecule has 180 valence electrons. The van der Waals surface area contributed by atoms with Crippen LogP contribution in [-0.4, -0.2) is 50.1 Å². The third-order valence-corrected chi connectivity index (χ3v) is 6.28. The molecular weight excluding hydrogens is 476 g/mol. The maximum atomic E-state index is 11.0. The Labute approximate surface area is 204 Å². The first-order valence-corrected chi connectivity index (χ1v) is 11.7. The van der Waals surface area contributed by atoms with Crippen molar-refractivity contribution in [2.75, 3.05) is 49.6 Å². The number of hydrogen-bond donors (Lipinski definition) is 3. The molecule has 4 N–H and O–H groups in total. The van der Waals surface area contributed by atoms with Crippen molar-refractivity contribution >= 4 is 76.6 Å². The van der Waals surface area contributed by atoms with Crippen molar-refractivity contribution in [1.29, 1.82) is 0 Å². The van der Waals surface area contributed by atoms with Crippen LogP contribution in [0, 0.1) is 0 Å². The molecule has 10 nitrogen and oxygen atoms in total. The number of anilines is 4. The second-order valence-corrected chi connectivity index (χ2v) is 9.42. The zero-order chi connectivity index (χ0) is 25.0. The lowest BCUT2D eigenvalue weighted by Gasteiger charge is -2.13. The summed E-state index contributed by atoms with van der Waals surface area (Å²) in [6, 6.07) is 7.47. The molecule has 34 heavy (non-hydrogen) atoms. The average Bonchev–Trinajstić information content (AvgIpc) is 3.34. The van der Waals surface area contributed by atoms with E-state index in [2.05, 4.69) is 20.6 Å². The number of rotatable bonds is 5. The van der Waals surface area contributed by atoms with E-state index in [1.54, 1.807) is 26.4 Å². The second kappa shape index (κ2) is 10.5. The molecule has 0 aliphatic heterocycles. The average molecular weight is 503 g/mol. The van der Waals surface area contributed by atoms with Crippen LogP contribution in [0.15, 0.2) is 24.3 Å². The van der Waals surface area contributed by atoms with Crippen LogP contribution in [0.5, 0.6) is 11.5 Å². The van der Waals surface area contributed by atoms with Crippen molar-refractivity contribution < 1.29 is 19.1 Å². The summed E-state index contributed by atoms with van der Waals surface area (Å²) in [7, 11) is 7.12. The SMILES string of the molecule is COc1cc(N(C)C)cc2sc(NC(C)=O)nc12.COc1cc(N)cc2sc(NC(C)=O)nc12. The number of aromatic nitrogens is 2. The van der Waals surface area contributed by atoms with Crippen molar-refractivity contribution in [3.05, 3.63) is 24.3 Å². The predicted octanol–water partition coefficient (Wildman–Crippen LogP) is 4.17. The minimum atomic E-state index is -0.147. The van der Waals surface area contributed by atoms with Gasteiger partial charge in [0.1, 0.15) is 22.5 Å². The molecule has 4 aromatic rings. The Morgan fingerprint density at radius 3 is 1.76 bits per heavy atom. The summed E-state index contributed by atoms with van der Waals surface area (Å²) >= 11 is 2.80. The fraction of sp³-hybridized carbons (Fsp3) is 0.273. The largest absolute Gasteiger partial charge is 0.494 e. The molecule has 2 heterocycles. The Bertz CT molecular complexity index is 1350. The molecule has 2 aromatic carbocycles. The van der Waals surface area contributed by atoms with Crippen LogP contribution in [0.4, 0.5) is 21.6 Å². The van der Waals surface area contributed by atoms with Crippen LogP contribution in [-0.2, 0) is 9.59 Å². The molecule has 0 saturated heterocycles. The maximum Gasteiger partial charge on any atom is 0.223 e. The standard InChI is InChI=1S/C12H15N3O2S.C10H11N3O2S/c1-7(16)13-12-14-11-9(17-4)5-8(15(2)3)6-10(11)18-12;1-5(14)12-10-13-9-7(15-2)3-6(11)4-8(9)16-10/h5-6H,1-4H3,(H,13,14,16);3-4H,11H2,1-2H3,(H,12,13,14). The van der Waals surface area contributed by atoms with Gasteiger partial charge in [0, 0.05) is 51.5 Å². The monoisotopic (exact) mass is 502 g/mol. The lowest BCUT2D eigenvalue weighted by atomic mass is 10.2. The summed E-state index contributed by atoms with van der Waals surface area (Å²) in [6.07, 6.45) is 0. The Balaban J connectivity index is 0.000000192. The number of hydrogen-bond acceptors (Lipinski definition) is 10. The molecule has 2 aromatic heterocycles. The van der Waals surface area contributed by atoms with Crippen molar-refractivity contribution in [1.82, 2.24) is 9.97 Å². The molecule has 0 aliphatic rings. The van der Waals surface area contributed by atoms with E-state index in [1.807, 2.05) is 31.1 Å². The minimum Gasteiger partial charge on any atom is -0.494 e. The lowest BCUT2D eigenvalue weighted by molar-refractivity contribution is -0.115. The van der Waals surface area contributed by atoms with Gasteiger partial charge in [0.25, 0.3) is 0 Å². The van der Waals surface area contributed by atoms with Crippen LogP contribution in [0.3, 0.4) is 0 Å². The highest BCUT2D eigenvalue weighted by Gasteiger charge is 2.13. The van der Waals surface area contributed by atoms with Gasteiger partial charge in [-0.05, 0) is 12.1 Å². The molecule has 0 atom stereocenters. The van der Waals surface area contributed by atoms with Gasteiger partial charge in [-0.15, -0.1) is 0 Å². The fourth-order valence-corrected chi connectivity index (χ4v) is 4.92. The zero-order valence-electron chi connectivity index (χ0n) is 19.7. The summed E-state index contributed by atoms with van der Waals surface area (Å²) < 4.78 is 12.4. The number of carbonyl (C=O) groups is 2. The Morgan fingerprint density at radius 1 is 0.853 bits per heavy atom. The zero-order valence-corrected chi connectivity index (χ0v) is 21.3. The summed E-state index contributed by atoms with van der Waals surface area (Å²) in [4.78, 5) is 32.6. The molecule has 0 aliphatic carbocycles. The number of fused-ring (bicyclic) bond motifs is 2. The minimum absolute atomic E-state index is 0.124. The molecule has 0 fully saturated rings. The Kier molecular flexibility index (Phi) is 7.74. The van der Waals surface area contributed by atoms with E-state index in [0.717, 1.165) is 20.6 Å². The number of nitrogen functional groups attached to an aromatic ring is 1. The second-order valence-electron chi connectivity index (χ2n) is 7.36. The van der Waals surface area contributed by atoms with Crippen LogP contribution >= 0.6 is 22.7 Å². The van der Waals surface area contributed by atoms with Gasteiger partial charge >= 0.3 is 0 Å². The first-order valence-electron chi connectivity index (χ1n) is 10.1. The third kappa shape index (κ3) is 5.83. The summed E-state index contributed by atoms with van der Waals surface area (Å²) in [6.45, 7) is 2.91. The summed E-state index contributed by atoms with van der Waals surface area (Å²) in [5.41, 5.74) is 8.86. The molecule has 2 amide bonds. The van der Waals surface area contributed by atoms with E-state index in [4.69, 9.17) is 15.2 Å². The van der Waals surface area contributed by atoms with Gasteiger partial charge < -0.3 is 30.7 Å². The van der Waals surface area contributed by atoms with E-state index in [9.17, 15) is 9.59 Å². The Morgan fingerprint density at radius 2 is 1.32 bits per heavy atom. The number of thiazole rings is 2. The van der Waals surface area contributed by atoms with E-state index in [0.29, 0.717) is 33.0 Å². The molecule has 0 unspecified atom stereocenters. The van der Waals surface area contributed by atoms with Crippen LogP contribution < -0.4 is 30.7 Å². The maximum absolute atomic E-state index is 11.0. The predicted molar refractivity (Wildman–Crippen MR) is 140 cm³/mol. The van der Waals surface area contributed by atoms with E-state index in [-0.39, 0.29) is 11.8 Å². The van der Waals surface area contributed by atoms with Crippen molar-refractivity contribution in [3.63, 3.8) is 0 Å². The number of nitrogens with two attached hydrogens (primary N) is 1. The molecular formula is C22H26N6O4S2. The van der Waals surface area contributed by atoms with Gasteiger partial charge in [-0.2, -0.15) is 0 Å². The molecule has 0 radical (unpaired) electrons. The van der Waals surface area contributed by atoms with Crippen molar-refractivity contribution in [2.45, 2.75) is 13.8 Å². The molecule has 0 spiro atoms. The number of nitrogens with one attached hydrogen (secondary N) is 2. The van der Waals surface area contributed by atoms with Gasteiger partial charge in [0.2, 0.25) is 11.8 Å². The topological polar surface area (TPSA) is 132 Å². The number of benzene rings is 2. The number of carbonyl (C=O) groups excluding carboxylic acids is 2. The highest BCUT2D eigenvalue weighted by atomic mass is 32.1. The van der Waals surface area contributed by atoms with Crippen LogP contribution in [0.2, 0.25) is 0 Å². The van der Waals surface area contributed by atoms with E-state index >= 15 is 0 Å². The molecule has 12 heteroatoms. The van der Waals surface area contributed by atoms with Gasteiger partial charge in [-0.25, -0.2) is 9.97 Å². The first kappa shape index (κ1) is 25.0. The number of ether oxygens (including phenoxy) is 2. The lowest BCUT2D eigenvalue weighted by Crippen LogP contribution is -2.08. The molecule has 0 saturated carbocycles. The van der Waals surface area contributed by atoms with Gasteiger partial charge in [0.15, 0.2) is 10.3 Å². The quantitative estimate of drug-likeness (QED) is 0.346. The first-order chi connectivity index (χ1) is 16.1. The van der Waals surface area contributed by atoms with Crippen LogP contribution in [0.1, 0.15) is 13.8 Å². The summed E-state index contributed by atoms with van der Waals surface area (Å²) in [5, 5.41) is 6.47. The highest BCUT2D eigenvalue weighted by molar-refractivity contribution is 7.22. The number of amides is 2. The molecule has 4 rings (SSSR count). The van der Waals surface area contributed by atoms with Crippen molar-refractivity contribution in [2.24, 2.45) is 0 Å². The van der Waals surface area contributed by atoms with E-state index < -0.39 is 0 Å². The third-order valence-electron chi connectivity index (χ3n) is 4.45. The number of methoxy groups -OCH3 is 2. The molecule has 0 bridgehead atoms. The van der Waals surface area contributed by atoms with Crippen LogP contribution in [0.25, 0.3) is 20.4 Å². The Hall–Kier alpha value is -3.64.